The number of benzene rings is 1. The molecule has 1 aliphatic heterocycles. The van der Waals surface area contributed by atoms with Crippen LogP contribution in [-0.2, 0) is 10.2 Å². The van der Waals surface area contributed by atoms with Crippen LogP contribution >= 0.6 is 12.4 Å². The SMILES string of the molecule is CC(C)COc1ccc(C2(C(=O)N3CCC(C)(CN)C3)CCC2)cc1.Cl. The zero-order valence-corrected chi connectivity index (χ0v) is 17.1. The van der Waals surface area contributed by atoms with Crippen LogP contribution in [0.5, 0.6) is 5.75 Å². The lowest BCUT2D eigenvalue weighted by Crippen LogP contribution is -2.51. The smallest absolute Gasteiger partial charge is 0.233 e. The van der Waals surface area contributed by atoms with Crippen LogP contribution in [0.25, 0.3) is 0 Å². The Morgan fingerprint density at radius 3 is 2.35 bits per heavy atom. The molecule has 0 spiro atoms. The summed E-state index contributed by atoms with van der Waals surface area (Å²) >= 11 is 0. The van der Waals surface area contributed by atoms with E-state index in [1.165, 1.54) is 0 Å². The van der Waals surface area contributed by atoms with Crippen LogP contribution in [0.1, 0.15) is 52.0 Å². The van der Waals surface area contributed by atoms with Gasteiger partial charge in [-0.25, -0.2) is 0 Å². The van der Waals surface area contributed by atoms with Gasteiger partial charge in [0.2, 0.25) is 5.91 Å². The number of halogens is 1. The van der Waals surface area contributed by atoms with Gasteiger partial charge < -0.3 is 15.4 Å². The monoisotopic (exact) mass is 380 g/mol. The maximum atomic E-state index is 13.3. The molecule has 1 aromatic rings. The van der Waals surface area contributed by atoms with Crippen molar-refractivity contribution in [3.05, 3.63) is 29.8 Å². The van der Waals surface area contributed by atoms with Crippen molar-refractivity contribution in [2.24, 2.45) is 17.1 Å². The van der Waals surface area contributed by atoms with Crippen molar-refractivity contribution in [3.8, 4) is 5.75 Å². The lowest BCUT2D eigenvalue weighted by molar-refractivity contribution is -0.140. The van der Waals surface area contributed by atoms with Crippen LogP contribution in [-0.4, -0.2) is 37.0 Å². The van der Waals surface area contributed by atoms with Crippen LogP contribution in [0.15, 0.2) is 24.3 Å². The van der Waals surface area contributed by atoms with Gasteiger partial charge in [-0.1, -0.05) is 39.3 Å². The second-order valence-electron chi connectivity index (χ2n) is 8.66. The Morgan fingerprint density at radius 1 is 1.23 bits per heavy atom. The van der Waals surface area contributed by atoms with Gasteiger partial charge in [0.05, 0.1) is 12.0 Å². The third-order valence-corrected chi connectivity index (χ3v) is 5.94. The molecule has 1 unspecified atom stereocenters. The molecule has 1 atom stereocenters. The molecular weight excluding hydrogens is 348 g/mol. The second kappa shape index (κ2) is 8.18. The Kier molecular flexibility index (Phi) is 6.62. The number of nitrogens with zero attached hydrogens (tertiary/aromatic N) is 1. The highest BCUT2D eigenvalue weighted by Crippen LogP contribution is 2.46. The van der Waals surface area contributed by atoms with Crippen LogP contribution in [0.2, 0.25) is 0 Å². The molecule has 1 heterocycles. The van der Waals surface area contributed by atoms with Crippen molar-refractivity contribution in [2.75, 3.05) is 26.2 Å². The predicted molar refractivity (Wildman–Crippen MR) is 108 cm³/mol. The number of likely N-dealkylation sites (tertiary alicyclic amines) is 1. The van der Waals surface area contributed by atoms with Gasteiger partial charge in [-0.3, -0.25) is 4.79 Å². The van der Waals surface area contributed by atoms with Crippen LogP contribution in [0.4, 0.5) is 0 Å². The van der Waals surface area contributed by atoms with Gasteiger partial charge in [0.1, 0.15) is 5.75 Å². The van der Waals surface area contributed by atoms with E-state index in [0.717, 1.165) is 56.7 Å². The van der Waals surface area contributed by atoms with E-state index < -0.39 is 0 Å². The summed E-state index contributed by atoms with van der Waals surface area (Å²) in [6.45, 7) is 9.46. The van der Waals surface area contributed by atoms with Gasteiger partial charge in [-0.05, 0) is 54.8 Å². The second-order valence-corrected chi connectivity index (χ2v) is 8.66. The number of ether oxygens (including phenoxy) is 1. The quantitative estimate of drug-likeness (QED) is 0.817. The average Bonchev–Trinajstić information content (AvgIpc) is 2.96. The van der Waals surface area contributed by atoms with Gasteiger partial charge >= 0.3 is 0 Å². The zero-order chi connectivity index (χ0) is 18.1. The first-order chi connectivity index (χ1) is 11.9. The Bertz CT molecular complexity index is 613. The van der Waals surface area contributed by atoms with Gasteiger partial charge in [-0.15, -0.1) is 12.4 Å². The Hall–Kier alpha value is -1.26. The molecule has 5 heteroatoms. The minimum Gasteiger partial charge on any atom is -0.493 e. The lowest BCUT2D eigenvalue weighted by atomic mass is 9.63. The van der Waals surface area contributed by atoms with Crippen molar-refractivity contribution < 1.29 is 9.53 Å². The maximum absolute atomic E-state index is 13.3. The third-order valence-electron chi connectivity index (χ3n) is 5.94. The van der Waals surface area contributed by atoms with Gasteiger partial charge in [0.15, 0.2) is 0 Å². The number of hydrogen-bond acceptors (Lipinski definition) is 3. The predicted octanol–water partition coefficient (Wildman–Crippen LogP) is 3.76. The highest BCUT2D eigenvalue weighted by molar-refractivity contribution is 5.89. The molecule has 1 aromatic carbocycles. The molecule has 26 heavy (non-hydrogen) atoms. The van der Waals surface area contributed by atoms with Crippen molar-refractivity contribution in [3.63, 3.8) is 0 Å². The maximum Gasteiger partial charge on any atom is 0.233 e. The fourth-order valence-corrected chi connectivity index (χ4v) is 3.96. The Labute approximate surface area is 163 Å². The van der Waals surface area contributed by atoms with E-state index in [0.29, 0.717) is 18.4 Å². The van der Waals surface area contributed by atoms with E-state index in [-0.39, 0.29) is 23.2 Å². The summed E-state index contributed by atoms with van der Waals surface area (Å²) in [5, 5.41) is 0. The molecule has 2 fully saturated rings. The molecule has 1 saturated heterocycles. The first kappa shape index (κ1) is 21.0. The van der Waals surface area contributed by atoms with Crippen molar-refractivity contribution in [1.29, 1.82) is 0 Å². The molecule has 2 aliphatic rings. The lowest BCUT2D eigenvalue weighted by Gasteiger charge is -2.43. The highest BCUT2D eigenvalue weighted by Gasteiger charge is 2.49. The molecule has 4 nitrogen and oxygen atoms in total. The normalized spacial score (nSPS) is 24.1. The summed E-state index contributed by atoms with van der Waals surface area (Å²) in [6, 6.07) is 8.20. The van der Waals surface area contributed by atoms with Crippen LogP contribution in [0, 0.1) is 11.3 Å². The van der Waals surface area contributed by atoms with Crippen molar-refractivity contribution in [2.45, 2.75) is 51.9 Å². The Balaban J connectivity index is 0.00000243. The molecule has 1 saturated carbocycles. The van der Waals surface area contributed by atoms with Crippen molar-refractivity contribution >= 4 is 18.3 Å². The summed E-state index contributed by atoms with van der Waals surface area (Å²) in [5.74, 6) is 1.69. The molecule has 2 N–H and O–H groups in total. The minimum atomic E-state index is -0.323. The molecule has 1 amide bonds. The van der Waals surface area contributed by atoms with Crippen molar-refractivity contribution in [1.82, 2.24) is 4.90 Å². The summed E-state index contributed by atoms with van der Waals surface area (Å²) in [4.78, 5) is 15.4. The first-order valence-corrected chi connectivity index (χ1v) is 9.61. The molecule has 146 valence electrons. The summed E-state index contributed by atoms with van der Waals surface area (Å²) in [6.07, 6.45) is 4.04. The number of carbonyl (C=O) groups excluding carboxylic acids is 1. The van der Waals surface area contributed by atoms with E-state index in [1.54, 1.807) is 0 Å². The number of rotatable bonds is 6. The van der Waals surface area contributed by atoms with Gasteiger partial charge in [0, 0.05) is 13.1 Å². The fraction of sp³-hybridized carbons (Fsp3) is 0.667. The molecule has 0 bridgehead atoms. The fourth-order valence-electron chi connectivity index (χ4n) is 3.96. The average molecular weight is 381 g/mol. The Morgan fingerprint density at radius 2 is 1.88 bits per heavy atom. The van der Waals surface area contributed by atoms with Crippen LogP contribution in [0.3, 0.4) is 0 Å². The number of nitrogens with two attached hydrogens (primary N) is 1. The van der Waals surface area contributed by atoms with E-state index in [2.05, 4.69) is 37.8 Å². The standard InChI is InChI=1S/C21H32N2O2.ClH/c1-16(2)13-25-18-7-5-17(6-8-18)21(9-4-10-21)19(24)23-12-11-20(3,14-22)15-23;/h5-8,16H,4,9-15,22H2,1-3H3;1H. The van der Waals surface area contributed by atoms with Gasteiger partial charge in [0.25, 0.3) is 0 Å². The molecular formula is C21H33ClN2O2. The van der Waals surface area contributed by atoms with E-state index in [1.807, 2.05) is 12.1 Å². The van der Waals surface area contributed by atoms with Gasteiger partial charge in [-0.2, -0.15) is 0 Å². The molecule has 1 aliphatic carbocycles. The molecule has 0 aromatic heterocycles. The summed E-state index contributed by atoms with van der Waals surface area (Å²) < 4.78 is 5.78. The number of amides is 1. The topological polar surface area (TPSA) is 55.6 Å². The molecule has 0 radical (unpaired) electrons. The summed E-state index contributed by atoms with van der Waals surface area (Å²) in [5.41, 5.74) is 6.81. The third kappa shape index (κ3) is 4.01. The minimum absolute atomic E-state index is 0. The summed E-state index contributed by atoms with van der Waals surface area (Å²) in [7, 11) is 0. The van der Waals surface area contributed by atoms with Crippen LogP contribution < -0.4 is 10.5 Å². The first-order valence-electron chi connectivity index (χ1n) is 9.61. The largest absolute Gasteiger partial charge is 0.493 e. The van der Waals surface area contributed by atoms with E-state index >= 15 is 0 Å². The van der Waals surface area contributed by atoms with E-state index in [9.17, 15) is 4.79 Å². The highest BCUT2D eigenvalue weighted by atomic mass is 35.5. The molecule has 3 rings (SSSR count). The zero-order valence-electron chi connectivity index (χ0n) is 16.3. The number of carbonyl (C=O) groups is 1. The number of hydrogen-bond donors (Lipinski definition) is 1. The van der Waals surface area contributed by atoms with E-state index in [4.69, 9.17) is 10.5 Å².